The maximum atomic E-state index is 13.1. The first-order chi connectivity index (χ1) is 39.4. The van der Waals surface area contributed by atoms with Crippen LogP contribution < -0.4 is 15.8 Å². The summed E-state index contributed by atoms with van der Waals surface area (Å²) in [7, 11) is -3.90. The molecule has 450 valence electrons. The fourth-order valence-corrected chi connectivity index (χ4v) is 11.8. The zero-order valence-electron chi connectivity index (χ0n) is 46.9. The van der Waals surface area contributed by atoms with Gasteiger partial charge in [-0.25, -0.2) is 13.6 Å². The van der Waals surface area contributed by atoms with E-state index in [0.717, 1.165) is 12.8 Å². The first-order valence-electron chi connectivity index (χ1n) is 29.1. The summed E-state index contributed by atoms with van der Waals surface area (Å²) in [6.45, 7) is 4.03. The molecule has 0 bridgehead atoms. The summed E-state index contributed by atoms with van der Waals surface area (Å²) < 4.78 is 73.8. The second kappa shape index (κ2) is 30.5. The van der Waals surface area contributed by atoms with Crippen LogP contribution in [0, 0.1) is 0 Å². The van der Waals surface area contributed by atoms with Gasteiger partial charge in [-0.2, -0.15) is 0 Å². The predicted octanol–water partition coefficient (Wildman–Crippen LogP) is 8.85. The van der Waals surface area contributed by atoms with Crippen molar-refractivity contribution in [1.82, 2.24) is 5.32 Å². The van der Waals surface area contributed by atoms with Gasteiger partial charge in [0.25, 0.3) is 0 Å². The molecule has 13 unspecified atom stereocenters. The number of hydrogen-bond donors (Lipinski definition) is 8. The lowest BCUT2D eigenvalue weighted by Crippen LogP contribution is -2.45. The standard InChI is InChI=1S/C61H83N3O17S/c1-3-42-34-44(78-60(77-42)51-20-5-8-23-54(51)68)18-12-17-43-36-48(76-58(75-43)37-63-56(70)29-30-57(71)64-39-25-27-49(28-26-39)82(62,72)73)33-41(66)14-11-16-46-35-45(79-61(80-46)52-21-6-9-24-55(52)69)15-10-13-40(65)32-47-31-38(2)74-59(81-47)50-19-4-7-22-53(50)67/h4-9,19-28,38,40-48,58-61,65-69H,3,10-18,29-37H2,1-2H3,(H,63,70)(H,64,71)(H2,62,72,73)/t38-,40?,41?,42?,43?,44?,45?,46?,47?,48?,58?,59?,60?,61?/m0/s1. The largest absolute Gasteiger partial charge is 0.507 e. The van der Waals surface area contributed by atoms with Gasteiger partial charge in [0, 0.05) is 54.5 Å². The molecular weight excluding hydrogens is 1080 g/mol. The number of anilines is 1. The summed E-state index contributed by atoms with van der Waals surface area (Å²) in [6.07, 6.45) is 3.26. The second-order valence-corrected chi connectivity index (χ2v) is 23.8. The maximum absolute atomic E-state index is 13.1. The summed E-state index contributed by atoms with van der Waals surface area (Å²) in [4.78, 5) is 25.7. The number of nitrogens with one attached hydrogen (secondary N) is 2. The van der Waals surface area contributed by atoms with Crippen LogP contribution in [0.4, 0.5) is 5.69 Å². The maximum Gasteiger partial charge on any atom is 0.238 e. The van der Waals surface area contributed by atoms with Crippen LogP contribution in [-0.2, 0) is 57.5 Å². The van der Waals surface area contributed by atoms with Gasteiger partial charge in [-0.05, 0) is 133 Å². The van der Waals surface area contributed by atoms with Crippen molar-refractivity contribution in [2.75, 3.05) is 11.9 Å². The van der Waals surface area contributed by atoms with Gasteiger partial charge in [-0.15, -0.1) is 0 Å². The first-order valence-corrected chi connectivity index (χ1v) is 30.6. The fourth-order valence-electron chi connectivity index (χ4n) is 11.3. The number of carbonyl (C=O) groups is 2. The van der Waals surface area contributed by atoms with E-state index in [1.165, 1.54) is 24.3 Å². The average molecular weight is 1160 g/mol. The van der Waals surface area contributed by atoms with Crippen LogP contribution >= 0.6 is 0 Å². The molecule has 2 amide bonds. The lowest BCUT2D eigenvalue weighted by molar-refractivity contribution is -0.253. The number of amides is 2. The molecule has 4 aliphatic rings. The molecule has 4 heterocycles. The van der Waals surface area contributed by atoms with Crippen molar-refractivity contribution in [3.05, 3.63) is 114 Å². The Morgan fingerprint density at radius 1 is 0.549 bits per heavy atom. The molecule has 0 aliphatic carbocycles. The molecule has 14 atom stereocenters. The number of aromatic hydroxyl groups is 3. The third-order valence-electron chi connectivity index (χ3n) is 15.6. The SMILES string of the molecule is CCC1CC(CCCC2CC(CC(O)CCCC3CC(CCCC(O)CC4C[C@H](C)OC(c5ccccc5O)O4)OC(c4ccccc4O)O3)OC(CNC(=O)CCC(=O)Nc3ccc(S(N)(=O)=O)cc3)O2)OC(c2ccccc2O)O1. The minimum Gasteiger partial charge on any atom is -0.507 e. The molecule has 21 heteroatoms. The van der Waals surface area contributed by atoms with E-state index in [1.807, 2.05) is 25.1 Å². The normalized spacial score (nSPS) is 27.7. The highest BCUT2D eigenvalue weighted by atomic mass is 32.2. The Morgan fingerprint density at radius 3 is 1.48 bits per heavy atom. The van der Waals surface area contributed by atoms with Crippen LogP contribution in [-0.4, -0.2) is 120 Å². The molecule has 0 radical (unpaired) electrons. The van der Waals surface area contributed by atoms with Crippen molar-refractivity contribution in [3.63, 3.8) is 0 Å². The van der Waals surface area contributed by atoms with Gasteiger partial charge < -0.3 is 74.1 Å². The molecule has 4 fully saturated rings. The lowest BCUT2D eigenvalue weighted by atomic mass is 9.95. The zero-order chi connectivity index (χ0) is 58.2. The number of benzene rings is 4. The molecule has 4 aliphatic heterocycles. The molecule has 8 rings (SSSR count). The van der Waals surface area contributed by atoms with Gasteiger partial charge in [-0.3, -0.25) is 9.59 Å². The monoisotopic (exact) mass is 1160 g/mol. The third kappa shape index (κ3) is 19.1. The fraction of sp³-hybridized carbons (Fsp3) is 0.574. The number of aliphatic hydroxyl groups excluding tert-OH is 2. The summed E-state index contributed by atoms with van der Waals surface area (Å²) in [5.74, 6) is -0.568. The molecular formula is C61H83N3O17S. The van der Waals surface area contributed by atoms with Crippen molar-refractivity contribution < 1.29 is 81.4 Å². The van der Waals surface area contributed by atoms with E-state index in [1.54, 1.807) is 54.6 Å². The van der Waals surface area contributed by atoms with Crippen molar-refractivity contribution in [2.24, 2.45) is 5.14 Å². The van der Waals surface area contributed by atoms with Crippen LogP contribution in [0.25, 0.3) is 0 Å². The number of phenols is 3. The van der Waals surface area contributed by atoms with Crippen molar-refractivity contribution in [1.29, 1.82) is 0 Å². The smallest absolute Gasteiger partial charge is 0.238 e. The Hall–Kier alpha value is -5.27. The van der Waals surface area contributed by atoms with Crippen molar-refractivity contribution >= 4 is 27.5 Å². The molecule has 20 nitrogen and oxygen atoms in total. The second-order valence-electron chi connectivity index (χ2n) is 22.2. The predicted molar refractivity (Wildman–Crippen MR) is 301 cm³/mol. The van der Waals surface area contributed by atoms with E-state index in [-0.39, 0.29) is 84.3 Å². The lowest BCUT2D eigenvalue weighted by Gasteiger charge is -2.38. The number of rotatable bonds is 27. The highest BCUT2D eigenvalue weighted by Gasteiger charge is 2.37. The van der Waals surface area contributed by atoms with Gasteiger partial charge >= 0.3 is 0 Å². The number of para-hydroxylation sites is 3. The molecule has 4 saturated heterocycles. The molecule has 4 aromatic carbocycles. The average Bonchev–Trinajstić information content (AvgIpc) is 3.47. The minimum atomic E-state index is -3.90. The van der Waals surface area contributed by atoms with Crippen LogP contribution in [0.3, 0.4) is 0 Å². The summed E-state index contributed by atoms with van der Waals surface area (Å²) in [5.41, 5.74) is 2.02. The van der Waals surface area contributed by atoms with Crippen molar-refractivity contribution in [2.45, 2.75) is 221 Å². The number of carbonyl (C=O) groups excluding carboxylic acids is 2. The quantitative estimate of drug-likeness (QED) is 0.0276. The van der Waals surface area contributed by atoms with Crippen LogP contribution in [0.2, 0.25) is 0 Å². The van der Waals surface area contributed by atoms with Gasteiger partial charge in [0.1, 0.15) is 17.2 Å². The number of hydrogen-bond acceptors (Lipinski definition) is 17. The van der Waals surface area contributed by atoms with Crippen molar-refractivity contribution in [3.8, 4) is 17.2 Å². The summed E-state index contributed by atoms with van der Waals surface area (Å²) in [6, 6.07) is 26.3. The third-order valence-corrected chi connectivity index (χ3v) is 16.5. The summed E-state index contributed by atoms with van der Waals surface area (Å²) >= 11 is 0. The number of nitrogens with two attached hydrogens (primary N) is 1. The first kappa shape index (κ1) is 62.8. The number of phenolic OH excluding ortho intramolecular Hbond substituents is 3. The summed E-state index contributed by atoms with van der Waals surface area (Å²) in [5, 5.41) is 65.2. The van der Waals surface area contributed by atoms with E-state index in [4.69, 9.17) is 43.0 Å². The van der Waals surface area contributed by atoms with Gasteiger partial charge in [0.15, 0.2) is 25.2 Å². The van der Waals surface area contributed by atoms with Crippen LogP contribution in [0.5, 0.6) is 17.2 Å². The van der Waals surface area contributed by atoms with Gasteiger partial charge in [0.2, 0.25) is 21.8 Å². The van der Waals surface area contributed by atoms with E-state index in [0.29, 0.717) is 112 Å². The molecule has 0 aromatic heterocycles. The Labute approximate surface area is 480 Å². The van der Waals surface area contributed by atoms with Crippen LogP contribution in [0.1, 0.15) is 165 Å². The Bertz CT molecular complexity index is 2760. The Balaban J connectivity index is 0.828. The number of aliphatic hydroxyl groups is 2. The number of sulfonamides is 1. The van der Waals surface area contributed by atoms with Crippen LogP contribution in [0.15, 0.2) is 102 Å². The van der Waals surface area contributed by atoms with Gasteiger partial charge in [0.05, 0.1) is 72.5 Å². The molecule has 4 aromatic rings. The Kier molecular flexibility index (Phi) is 23.4. The number of ether oxygens (including phenoxy) is 8. The number of primary sulfonamides is 1. The molecule has 0 spiro atoms. The van der Waals surface area contributed by atoms with E-state index in [9.17, 15) is 43.5 Å². The highest BCUT2D eigenvalue weighted by Crippen LogP contribution is 2.40. The molecule has 82 heavy (non-hydrogen) atoms. The van der Waals surface area contributed by atoms with E-state index < -0.39 is 65.3 Å². The van der Waals surface area contributed by atoms with E-state index in [2.05, 4.69) is 17.6 Å². The molecule has 0 saturated carbocycles. The van der Waals surface area contributed by atoms with E-state index >= 15 is 0 Å². The zero-order valence-corrected chi connectivity index (χ0v) is 47.7. The molecule has 9 N–H and O–H groups in total. The highest BCUT2D eigenvalue weighted by molar-refractivity contribution is 7.89. The van der Waals surface area contributed by atoms with Gasteiger partial charge in [-0.1, -0.05) is 61.5 Å². The Morgan fingerprint density at radius 2 is 0.963 bits per heavy atom. The minimum absolute atomic E-state index is 0.00631. The topological polar surface area (TPSA) is 293 Å².